The molecule has 0 amide bonds. The second-order valence-corrected chi connectivity index (χ2v) is 11.9. The van der Waals surface area contributed by atoms with Crippen molar-refractivity contribution < 1.29 is 23.1 Å². The van der Waals surface area contributed by atoms with Crippen LogP contribution in [0.2, 0.25) is 5.02 Å². The van der Waals surface area contributed by atoms with Gasteiger partial charge in [0.05, 0.1) is 13.2 Å². The third-order valence-electron chi connectivity index (χ3n) is 6.31. The molecule has 2 atom stereocenters. The first-order valence-corrected chi connectivity index (χ1v) is 13.5. The largest absolute Gasteiger partial charge is 0.480 e. The number of ether oxygens (including phenoxy) is 1. The number of thiophene rings is 1. The fraction of sp³-hybridized carbons (Fsp3) is 0.292. The normalized spacial score (nSPS) is 22.5. The molecule has 5 rings (SSSR count). The van der Waals surface area contributed by atoms with Gasteiger partial charge in [-0.3, -0.25) is 4.79 Å². The minimum atomic E-state index is -4.02. The van der Waals surface area contributed by atoms with Crippen LogP contribution in [-0.2, 0) is 19.6 Å². The Morgan fingerprint density at radius 3 is 2.38 bits per heavy atom. The maximum Gasteiger partial charge on any atom is 0.325 e. The van der Waals surface area contributed by atoms with Crippen LogP contribution in [0, 0.1) is 0 Å². The fourth-order valence-electron chi connectivity index (χ4n) is 4.32. The molecule has 34 heavy (non-hydrogen) atoms. The van der Waals surface area contributed by atoms with Crippen LogP contribution < -0.4 is 9.62 Å². The number of anilines is 1. The van der Waals surface area contributed by atoms with Crippen molar-refractivity contribution in [3.63, 3.8) is 0 Å². The predicted molar refractivity (Wildman–Crippen MR) is 132 cm³/mol. The van der Waals surface area contributed by atoms with Crippen molar-refractivity contribution in [3.05, 3.63) is 71.2 Å². The van der Waals surface area contributed by atoms with E-state index in [4.69, 9.17) is 16.3 Å². The van der Waals surface area contributed by atoms with Crippen molar-refractivity contribution in [2.45, 2.75) is 22.1 Å². The van der Waals surface area contributed by atoms with Crippen molar-refractivity contribution in [3.8, 4) is 10.4 Å². The van der Waals surface area contributed by atoms with Gasteiger partial charge in [0.15, 0.2) is 0 Å². The number of rotatable bonds is 7. The molecule has 178 valence electrons. The highest BCUT2D eigenvalue weighted by molar-refractivity contribution is 7.91. The summed E-state index contributed by atoms with van der Waals surface area (Å²) in [5, 5.41) is 10.5. The van der Waals surface area contributed by atoms with Gasteiger partial charge >= 0.3 is 5.97 Å². The minimum absolute atomic E-state index is 0.0754. The van der Waals surface area contributed by atoms with E-state index in [1.165, 1.54) is 6.07 Å². The molecule has 10 heteroatoms. The summed E-state index contributed by atoms with van der Waals surface area (Å²) in [6.45, 7) is 2.97. The monoisotopic (exact) mass is 518 g/mol. The maximum absolute atomic E-state index is 13.1. The topological polar surface area (TPSA) is 95.9 Å². The number of carbonyl (C=O) groups is 1. The maximum atomic E-state index is 13.1. The number of aliphatic carboxylic acids is 1. The van der Waals surface area contributed by atoms with Gasteiger partial charge in [-0.15, -0.1) is 11.3 Å². The lowest BCUT2D eigenvalue weighted by Crippen LogP contribution is -2.44. The summed E-state index contributed by atoms with van der Waals surface area (Å²) in [7, 11) is -4.02. The Morgan fingerprint density at radius 2 is 1.74 bits per heavy atom. The number of carboxylic acid groups (broad SMARTS) is 1. The molecule has 1 aliphatic carbocycles. The molecule has 2 fully saturated rings. The van der Waals surface area contributed by atoms with Crippen LogP contribution in [0.5, 0.6) is 0 Å². The van der Waals surface area contributed by atoms with Gasteiger partial charge in [-0.05, 0) is 53.9 Å². The van der Waals surface area contributed by atoms with Gasteiger partial charge < -0.3 is 14.7 Å². The minimum Gasteiger partial charge on any atom is -0.480 e. The number of benzene rings is 2. The highest BCUT2D eigenvalue weighted by Crippen LogP contribution is 2.53. The number of sulfonamides is 1. The van der Waals surface area contributed by atoms with E-state index in [9.17, 15) is 18.3 Å². The van der Waals surface area contributed by atoms with Gasteiger partial charge in [0.25, 0.3) is 10.0 Å². The zero-order valence-corrected chi connectivity index (χ0v) is 20.5. The first-order chi connectivity index (χ1) is 16.3. The lowest BCUT2D eigenvalue weighted by atomic mass is 10.1. The molecule has 0 radical (unpaired) electrons. The molecule has 7 nitrogen and oxygen atoms in total. The molecule has 2 aromatic carbocycles. The van der Waals surface area contributed by atoms with Crippen LogP contribution >= 0.6 is 22.9 Å². The van der Waals surface area contributed by atoms with E-state index in [2.05, 4.69) is 9.62 Å². The molecule has 0 spiro atoms. The predicted octanol–water partition coefficient (Wildman–Crippen LogP) is 4.19. The Balaban J connectivity index is 1.34. The third kappa shape index (κ3) is 4.46. The number of halogens is 1. The van der Waals surface area contributed by atoms with Crippen molar-refractivity contribution in [2.24, 2.45) is 0 Å². The first-order valence-electron chi connectivity index (χ1n) is 10.8. The van der Waals surface area contributed by atoms with E-state index < -0.39 is 27.4 Å². The Morgan fingerprint density at radius 1 is 1.06 bits per heavy atom. The van der Waals surface area contributed by atoms with Crippen LogP contribution in [0.15, 0.2) is 64.9 Å². The Kier molecular flexibility index (Phi) is 6.16. The molecular formula is C24H23ClN2O5S2. The van der Waals surface area contributed by atoms with Gasteiger partial charge in [0.1, 0.15) is 9.75 Å². The van der Waals surface area contributed by atoms with Crippen LogP contribution in [0.25, 0.3) is 10.4 Å². The molecule has 2 N–H and O–H groups in total. The van der Waals surface area contributed by atoms with Gasteiger partial charge in [0, 0.05) is 34.6 Å². The smallest absolute Gasteiger partial charge is 0.325 e. The average molecular weight is 519 g/mol. The summed E-state index contributed by atoms with van der Waals surface area (Å²) in [6, 6.07) is 18.0. The van der Waals surface area contributed by atoms with Crippen molar-refractivity contribution in [2.75, 3.05) is 31.2 Å². The zero-order chi connectivity index (χ0) is 23.9. The molecule has 1 aliphatic heterocycles. The van der Waals surface area contributed by atoms with Crippen molar-refractivity contribution in [1.29, 1.82) is 0 Å². The van der Waals surface area contributed by atoms with E-state index >= 15 is 0 Å². The second-order valence-electron chi connectivity index (χ2n) is 8.46. The van der Waals surface area contributed by atoms with Crippen LogP contribution in [-0.4, -0.2) is 51.3 Å². The van der Waals surface area contributed by atoms with E-state index in [1.54, 1.807) is 18.2 Å². The van der Waals surface area contributed by atoms with Gasteiger partial charge in [0.2, 0.25) is 0 Å². The number of nitrogens with one attached hydrogen (secondary N) is 1. The zero-order valence-electron chi connectivity index (χ0n) is 18.1. The number of nitrogens with zero attached hydrogens (tertiary/aromatic N) is 1. The van der Waals surface area contributed by atoms with Crippen LogP contribution in [0.4, 0.5) is 5.69 Å². The van der Waals surface area contributed by atoms with E-state index in [-0.39, 0.29) is 10.6 Å². The molecule has 2 unspecified atom stereocenters. The molecule has 0 bridgehead atoms. The summed E-state index contributed by atoms with van der Waals surface area (Å²) in [5.74, 6) is -1.61. The van der Waals surface area contributed by atoms with E-state index in [0.717, 1.165) is 46.1 Å². The van der Waals surface area contributed by atoms with E-state index in [0.29, 0.717) is 18.2 Å². The SMILES string of the molecule is O=C(O)C1(NS(=O)(=O)c2ccc(-c3ccc(Cl)cc3)s2)CC1c1ccc(N2CCOCC2)cc1. The van der Waals surface area contributed by atoms with Crippen molar-refractivity contribution >= 4 is 44.6 Å². The molecule has 3 aromatic rings. The third-order valence-corrected chi connectivity index (χ3v) is 9.69. The van der Waals surface area contributed by atoms with Crippen molar-refractivity contribution in [1.82, 2.24) is 4.72 Å². The highest BCUT2D eigenvalue weighted by atomic mass is 35.5. The number of carboxylic acids is 1. The molecule has 2 heterocycles. The summed E-state index contributed by atoms with van der Waals surface area (Å²) in [5.41, 5.74) is 1.13. The number of hydrogen-bond donors (Lipinski definition) is 2. The lowest BCUT2D eigenvalue weighted by molar-refractivity contribution is -0.140. The molecule has 1 saturated carbocycles. The van der Waals surface area contributed by atoms with Gasteiger partial charge in [-0.1, -0.05) is 35.9 Å². The lowest BCUT2D eigenvalue weighted by Gasteiger charge is -2.29. The molecule has 2 aliphatic rings. The summed E-state index contributed by atoms with van der Waals surface area (Å²) in [4.78, 5) is 15.2. The summed E-state index contributed by atoms with van der Waals surface area (Å²) >= 11 is 7.02. The molecule has 1 saturated heterocycles. The first kappa shape index (κ1) is 23.3. The van der Waals surface area contributed by atoms with Gasteiger partial charge in [-0.25, -0.2) is 8.42 Å². The summed E-state index contributed by atoms with van der Waals surface area (Å²) in [6.07, 6.45) is 0.202. The van der Waals surface area contributed by atoms with Crippen LogP contribution in [0.1, 0.15) is 17.9 Å². The quantitative estimate of drug-likeness (QED) is 0.487. The number of morpholine rings is 1. The Hall–Kier alpha value is -2.43. The second kappa shape index (κ2) is 8.98. The molecular weight excluding hydrogens is 496 g/mol. The Labute approximate surface area is 207 Å². The van der Waals surface area contributed by atoms with Gasteiger partial charge in [-0.2, -0.15) is 4.72 Å². The summed E-state index contributed by atoms with van der Waals surface area (Å²) < 4.78 is 34.2. The molecule has 1 aromatic heterocycles. The average Bonchev–Trinajstić information content (AvgIpc) is 3.33. The van der Waals surface area contributed by atoms with E-state index in [1.807, 2.05) is 36.4 Å². The highest BCUT2D eigenvalue weighted by Gasteiger charge is 2.63. The standard InChI is InChI=1S/C24H23ClN2O5S2/c25-18-5-1-17(2-6-18)21-9-10-22(33-21)34(30,31)26-24(23(28)29)15-20(24)16-3-7-19(8-4-16)27-11-13-32-14-12-27/h1-10,20,26H,11-15H2,(H,28,29). The number of hydrogen-bond acceptors (Lipinski definition) is 6. The fourth-order valence-corrected chi connectivity index (χ4v) is 7.16. The van der Waals surface area contributed by atoms with Crippen LogP contribution in [0.3, 0.4) is 0 Å². The Bertz CT molecular complexity index is 1300.